The van der Waals surface area contributed by atoms with Crippen molar-refractivity contribution in [3.8, 4) is 0 Å². The second-order valence-corrected chi connectivity index (χ2v) is 5.48. The van der Waals surface area contributed by atoms with Crippen molar-refractivity contribution in [3.05, 3.63) is 29.0 Å². The second kappa shape index (κ2) is 5.94. The van der Waals surface area contributed by atoms with E-state index in [1.807, 2.05) is 18.2 Å². The van der Waals surface area contributed by atoms with Crippen molar-refractivity contribution < 1.29 is 0 Å². The lowest BCUT2D eigenvalue weighted by Crippen LogP contribution is -2.11. The van der Waals surface area contributed by atoms with Gasteiger partial charge in [0.25, 0.3) is 0 Å². The van der Waals surface area contributed by atoms with Gasteiger partial charge < -0.3 is 4.57 Å². The van der Waals surface area contributed by atoms with Crippen LogP contribution in [0.1, 0.15) is 26.1 Å². The van der Waals surface area contributed by atoms with E-state index in [0.29, 0.717) is 11.8 Å². The number of rotatable bonds is 5. The van der Waals surface area contributed by atoms with Gasteiger partial charge in [-0.2, -0.15) is 0 Å². The van der Waals surface area contributed by atoms with Gasteiger partial charge in [0.05, 0.1) is 16.1 Å². The van der Waals surface area contributed by atoms with Crippen LogP contribution in [0, 0.1) is 5.92 Å². The zero-order chi connectivity index (χ0) is 13.1. The Kier molecular flexibility index (Phi) is 4.52. The number of aryl methyl sites for hydroxylation is 1. The van der Waals surface area contributed by atoms with Gasteiger partial charge in [-0.25, -0.2) is 4.98 Å². The van der Waals surface area contributed by atoms with Crippen LogP contribution < -0.4 is 0 Å². The first-order chi connectivity index (χ1) is 8.67. The SMILES string of the molecule is CCC(C)Cn1c(CCCl)nc2cccc(Cl)c21. The van der Waals surface area contributed by atoms with Gasteiger partial charge in [-0.3, -0.25) is 0 Å². The quantitative estimate of drug-likeness (QED) is 0.739. The van der Waals surface area contributed by atoms with Gasteiger partial charge in [-0.1, -0.05) is 37.9 Å². The van der Waals surface area contributed by atoms with Gasteiger partial charge in [-0.15, -0.1) is 11.6 Å². The average molecular weight is 285 g/mol. The largest absolute Gasteiger partial charge is 0.326 e. The van der Waals surface area contributed by atoms with Crippen LogP contribution in [0.25, 0.3) is 11.0 Å². The van der Waals surface area contributed by atoms with E-state index in [4.69, 9.17) is 23.2 Å². The normalized spacial score (nSPS) is 13.1. The van der Waals surface area contributed by atoms with Crippen LogP contribution in [0.5, 0.6) is 0 Å². The monoisotopic (exact) mass is 284 g/mol. The molecule has 1 unspecified atom stereocenters. The molecule has 2 aromatic rings. The number of fused-ring (bicyclic) bond motifs is 1. The molecule has 1 heterocycles. The molecule has 0 radical (unpaired) electrons. The Morgan fingerprint density at radius 3 is 2.83 bits per heavy atom. The molecule has 0 bridgehead atoms. The van der Waals surface area contributed by atoms with Crippen molar-refractivity contribution in [1.82, 2.24) is 9.55 Å². The fourth-order valence-corrected chi connectivity index (χ4v) is 2.54. The highest BCUT2D eigenvalue weighted by atomic mass is 35.5. The predicted molar refractivity (Wildman–Crippen MR) is 78.6 cm³/mol. The smallest absolute Gasteiger partial charge is 0.111 e. The molecule has 0 aliphatic rings. The van der Waals surface area contributed by atoms with Crippen LogP contribution in [-0.4, -0.2) is 15.4 Å². The van der Waals surface area contributed by atoms with E-state index in [2.05, 4.69) is 23.4 Å². The lowest BCUT2D eigenvalue weighted by Gasteiger charge is -2.14. The predicted octanol–water partition coefficient (Wildman–Crippen LogP) is 4.52. The van der Waals surface area contributed by atoms with Crippen molar-refractivity contribution in [2.45, 2.75) is 33.2 Å². The number of nitrogens with zero attached hydrogens (tertiary/aromatic N) is 2. The Morgan fingerprint density at radius 1 is 1.39 bits per heavy atom. The number of benzene rings is 1. The molecule has 2 rings (SSSR count). The third-order valence-electron chi connectivity index (χ3n) is 3.31. The molecule has 0 saturated carbocycles. The van der Waals surface area contributed by atoms with Crippen LogP contribution in [0.3, 0.4) is 0 Å². The summed E-state index contributed by atoms with van der Waals surface area (Å²) in [6.45, 7) is 5.39. The number of halogens is 2. The molecule has 0 aliphatic heterocycles. The second-order valence-electron chi connectivity index (χ2n) is 4.70. The number of hydrogen-bond acceptors (Lipinski definition) is 1. The van der Waals surface area contributed by atoms with E-state index in [-0.39, 0.29) is 0 Å². The molecule has 1 atom stereocenters. The minimum absolute atomic E-state index is 0.585. The van der Waals surface area contributed by atoms with Crippen LogP contribution in [-0.2, 0) is 13.0 Å². The summed E-state index contributed by atoms with van der Waals surface area (Å²) in [7, 11) is 0. The highest BCUT2D eigenvalue weighted by Crippen LogP contribution is 2.26. The Balaban J connectivity index is 2.53. The summed E-state index contributed by atoms with van der Waals surface area (Å²) in [6.07, 6.45) is 1.92. The summed E-state index contributed by atoms with van der Waals surface area (Å²) < 4.78 is 2.23. The van der Waals surface area contributed by atoms with Crippen molar-refractivity contribution in [1.29, 1.82) is 0 Å². The van der Waals surface area contributed by atoms with Crippen LogP contribution in [0.4, 0.5) is 0 Å². The molecule has 0 fully saturated rings. The fourth-order valence-electron chi connectivity index (χ4n) is 2.10. The molecule has 0 N–H and O–H groups in total. The number of alkyl halides is 1. The third kappa shape index (κ3) is 2.65. The summed E-state index contributed by atoms with van der Waals surface area (Å²) in [5.74, 6) is 2.22. The van der Waals surface area contributed by atoms with Gasteiger partial charge in [-0.05, 0) is 18.1 Å². The Bertz CT molecular complexity index is 534. The minimum Gasteiger partial charge on any atom is -0.326 e. The number of imidazole rings is 1. The number of para-hydroxylation sites is 1. The molecule has 4 heteroatoms. The first kappa shape index (κ1) is 13.7. The summed E-state index contributed by atoms with van der Waals surface area (Å²) >= 11 is 12.2. The van der Waals surface area contributed by atoms with Crippen LogP contribution in [0.15, 0.2) is 18.2 Å². The molecule has 1 aromatic heterocycles. The molecule has 0 aliphatic carbocycles. The molecular formula is C14H18Cl2N2. The summed E-state index contributed by atoms with van der Waals surface area (Å²) in [5, 5.41) is 0.768. The zero-order valence-corrected chi connectivity index (χ0v) is 12.3. The Hall–Kier alpha value is -0.730. The summed E-state index contributed by atoms with van der Waals surface area (Å²) in [5.41, 5.74) is 2.01. The maximum atomic E-state index is 6.31. The van der Waals surface area contributed by atoms with Gasteiger partial charge in [0.1, 0.15) is 5.82 Å². The van der Waals surface area contributed by atoms with Crippen molar-refractivity contribution in [2.75, 3.05) is 5.88 Å². The molecule has 98 valence electrons. The van der Waals surface area contributed by atoms with Crippen LogP contribution >= 0.6 is 23.2 Å². The Labute approximate surface area is 118 Å². The molecule has 0 saturated heterocycles. The van der Waals surface area contributed by atoms with Gasteiger partial charge >= 0.3 is 0 Å². The number of aromatic nitrogens is 2. The van der Waals surface area contributed by atoms with Gasteiger partial charge in [0.2, 0.25) is 0 Å². The zero-order valence-electron chi connectivity index (χ0n) is 10.8. The Morgan fingerprint density at radius 2 is 2.17 bits per heavy atom. The van der Waals surface area contributed by atoms with E-state index < -0.39 is 0 Å². The number of hydrogen-bond donors (Lipinski definition) is 0. The van der Waals surface area contributed by atoms with Gasteiger partial charge in [0.15, 0.2) is 0 Å². The molecule has 1 aromatic carbocycles. The van der Waals surface area contributed by atoms with E-state index >= 15 is 0 Å². The van der Waals surface area contributed by atoms with E-state index in [0.717, 1.165) is 41.3 Å². The fraction of sp³-hybridized carbons (Fsp3) is 0.500. The molecule has 0 spiro atoms. The minimum atomic E-state index is 0.585. The van der Waals surface area contributed by atoms with Crippen molar-refractivity contribution in [2.24, 2.45) is 5.92 Å². The first-order valence-electron chi connectivity index (χ1n) is 6.37. The molecule has 18 heavy (non-hydrogen) atoms. The van der Waals surface area contributed by atoms with E-state index in [9.17, 15) is 0 Å². The first-order valence-corrected chi connectivity index (χ1v) is 7.28. The summed E-state index contributed by atoms with van der Waals surface area (Å²) in [6, 6.07) is 5.87. The maximum Gasteiger partial charge on any atom is 0.111 e. The highest BCUT2D eigenvalue weighted by Gasteiger charge is 2.14. The topological polar surface area (TPSA) is 17.8 Å². The lowest BCUT2D eigenvalue weighted by molar-refractivity contribution is 0.466. The van der Waals surface area contributed by atoms with E-state index in [1.165, 1.54) is 0 Å². The highest BCUT2D eigenvalue weighted by molar-refractivity contribution is 6.35. The maximum absolute atomic E-state index is 6.31. The molecule has 2 nitrogen and oxygen atoms in total. The van der Waals surface area contributed by atoms with E-state index in [1.54, 1.807) is 0 Å². The summed E-state index contributed by atoms with van der Waals surface area (Å²) in [4.78, 5) is 4.64. The van der Waals surface area contributed by atoms with Crippen LogP contribution in [0.2, 0.25) is 5.02 Å². The standard InChI is InChI=1S/C14H18Cl2N2/c1-3-10(2)9-18-13(7-8-15)17-12-6-4-5-11(16)14(12)18/h4-6,10H,3,7-9H2,1-2H3. The van der Waals surface area contributed by atoms with Gasteiger partial charge in [0, 0.05) is 18.8 Å². The van der Waals surface area contributed by atoms with Crippen molar-refractivity contribution >= 4 is 34.2 Å². The molecule has 0 amide bonds. The lowest BCUT2D eigenvalue weighted by atomic mass is 10.1. The third-order valence-corrected chi connectivity index (χ3v) is 3.80. The molecular weight excluding hydrogens is 267 g/mol. The average Bonchev–Trinajstić information content (AvgIpc) is 2.69. The van der Waals surface area contributed by atoms with Crippen molar-refractivity contribution in [3.63, 3.8) is 0 Å².